The van der Waals surface area contributed by atoms with Crippen LogP contribution in [0.15, 0.2) is 0 Å². The zero-order valence-electron chi connectivity index (χ0n) is 10.8. The smallest absolute Gasteiger partial charge is 0.220 e. The number of terminal acetylenes is 1. The summed E-state index contributed by atoms with van der Waals surface area (Å²) in [5.41, 5.74) is 0. The molecule has 3 heteroatoms. The summed E-state index contributed by atoms with van der Waals surface area (Å²) in [6.07, 6.45) is 10.8. The van der Waals surface area contributed by atoms with Crippen molar-refractivity contribution in [2.24, 2.45) is 5.92 Å². The van der Waals surface area contributed by atoms with E-state index in [2.05, 4.69) is 23.5 Å². The Hall–Kier alpha value is -1.01. The highest BCUT2D eigenvalue weighted by Gasteiger charge is 2.20. The molecule has 96 valence electrons. The largest absolute Gasteiger partial charge is 0.353 e. The SMILES string of the molecule is C#CCCCCC(=O)NC(C)C1CCCNC1. The fourth-order valence-corrected chi connectivity index (χ4v) is 2.26. The number of rotatable bonds is 6. The number of hydrogen-bond donors (Lipinski definition) is 2. The van der Waals surface area contributed by atoms with Crippen LogP contribution in [0.3, 0.4) is 0 Å². The number of amides is 1. The average molecular weight is 236 g/mol. The van der Waals surface area contributed by atoms with Crippen molar-refractivity contribution in [2.75, 3.05) is 13.1 Å². The van der Waals surface area contributed by atoms with Gasteiger partial charge < -0.3 is 10.6 Å². The highest BCUT2D eigenvalue weighted by Crippen LogP contribution is 2.14. The molecule has 0 aliphatic carbocycles. The summed E-state index contributed by atoms with van der Waals surface area (Å²) in [5, 5.41) is 6.47. The second-order valence-electron chi connectivity index (χ2n) is 4.87. The Labute approximate surface area is 105 Å². The standard InChI is InChI=1S/C14H24N2O/c1-3-4-5-6-9-14(17)16-12(2)13-8-7-10-15-11-13/h1,12-13,15H,4-11H2,2H3,(H,16,17). The molecule has 0 aromatic rings. The molecule has 2 N–H and O–H groups in total. The molecule has 0 radical (unpaired) electrons. The van der Waals surface area contributed by atoms with Gasteiger partial charge in [0.2, 0.25) is 5.91 Å². The van der Waals surface area contributed by atoms with E-state index in [-0.39, 0.29) is 11.9 Å². The fraction of sp³-hybridized carbons (Fsp3) is 0.786. The number of piperidine rings is 1. The number of carbonyl (C=O) groups excluding carboxylic acids is 1. The van der Waals surface area contributed by atoms with Crippen LogP contribution in [0.4, 0.5) is 0 Å². The first kappa shape index (κ1) is 14.1. The van der Waals surface area contributed by atoms with Crippen molar-refractivity contribution in [3.05, 3.63) is 0 Å². The Bertz CT molecular complexity index is 264. The number of nitrogens with one attached hydrogen (secondary N) is 2. The maximum absolute atomic E-state index is 11.7. The maximum atomic E-state index is 11.7. The normalized spacial score (nSPS) is 21.5. The van der Waals surface area contributed by atoms with Gasteiger partial charge in [0.05, 0.1) is 0 Å². The molecule has 17 heavy (non-hydrogen) atoms. The van der Waals surface area contributed by atoms with Crippen LogP contribution >= 0.6 is 0 Å². The minimum atomic E-state index is 0.167. The summed E-state index contributed by atoms with van der Waals surface area (Å²) in [4.78, 5) is 11.7. The van der Waals surface area contributed by atoms with E-state index >= 15 is 0 Å². The summed E-state index contributed by atoms with van der Waals surface area (Å²) in [7, 11) is 0. The molecule has 0 spiro atoms. The monoisotopic (exact) mass is 236 g/mol. The van der Waals surface area contributed by atoms with Crippen LogP contribution in [0.5, 0.6) is 0 Å². The van der Waals surface area contributed by atoms with E-state index in [1.807, 2.05) is 0 Å². The maximum Gasteiger partial charge on any atom is 0.220 e. The first-order valence-electron chi connectivity index (χ1n) is 6.67. The van der Waals surface area contributed by atoms with E-state index in [9.17, 15) is 4.79 Å². The van der Waals surface area contributed by atoms with Crippen molar-refractivity contribution in [3.63, 3.8) is 0 Å². The second kappa shape index (κ2) is 8.14. The Morgan fingerprint density at radius 1 is 1.59 bits per heavy atom. The summed E-state index contributed by atoms with van der Waals surface area (Å²) in [6.45, 7) is 4.25. The highest BCUT2D eigenvalue weighted by atomic mass is 16.1. The van der Waals surface area contributed by atoms with Crippen LogP contribution < -0.4 is 10.6 Å². The number of unbranched alkanes of at least 4 members (excludes halogenated alkanes) is 2. The highest BCUT2D eigenvalue weighted by molar-refractivity contribution is 5.76. The Kier molecular flexibility index (Phi) is 6.73. The second-order valence-corrected chi connectivity index (χ2v) is 4.87. The molecule has 0 aromatic carbocycles. The third kappa shape index (κ3) is 5.74. The summed E-state index contributed by atoms with van der Waals surface area (Å²) in [6, 6.07) is 0.280. The summed E-state index contributed by atoms with van der Waals surface area (Å²) in [5.74, 6) is 3.34. The van der Waals surface area contributed by atoms with Gasteiger partial charge in [-0.1, -0.05) is 0 Å². The van der Waals surface area contributed by atoms with Gasteiger partial charge in [0.1, 0.15) is 0 Å². The van der Waals surface area contributed by atoms with E-state index in [4.69, 9.17) is 6.42 Å². The molecular weight excluding hydrogens is 212 g/mol. The van der Waals surface area contributed by atoms with Crippen LogP contribution in [0.2, 0.25) is 0 Å². The Balaban J connectivity index is 2.14. The zero-order chi connectivity index (χ0) is 12.5. The van der Waals surface area contributed by atoms with Gasteiger partial charge in [0.25, 0.3) is 0 Å². The fourth-order valence-electron chi connectivity index (χ4n) is 2.26. The van der Waals surface area contributed by atoms with E-state index in [0.717, 1.165) is 32.4 Å². The molecule has 2 atom stereocenters. The molecule has 0 saturated carbocycles. The molecule has 1 heterocycles. The third-order valence-electron chi connectivity index (χ3n) is 3.41. The van der Waals surface area contributed by atoms with E-state index < -0.39 is 0 Å². The molecule has 1 aliphatic heterocycles. The van der Waals surface area contributed by atoms with Gasteiger partial charge in [-0.2, -0.15) is 0 Å². The van der Waals surface area contributed by atoms with Crippen molar-refractivity contribution in [3.8, 4) is 12.3 Å². The van der Waals surface area contributed by atoms with Gasteiger partial charge in [0, 0.05) is 18.9 Å². The number of carbonyl (C=O) groups is 1. The van der Waals surface area contributed by atoms with Crippen molar-refractivity contribution in [1.82, 2.24) is 10.6 Å². The molecule has 0 aromatic heterocycles. The molecule has 1 saturated heterocycles. The zero-order valence-corrected chi connectivity index (χ0v) is 10.8. The lowest BCUT2D eigenvalue weighted by Crippen LogP contribution is -2.44. The van der Waals surface area contributed by atoms with Crippen molar-refractivity contribution in [1.29, 1.82) is 0 Å². The predicted molar refractivity (Wildman–Crippen MR) is 70.5 cm³/mol. The van der Waals surface area contributed by atoms with Crippen molar-refractivity contribution in [2.45, 2.75) is 51.5 Å². The predicted octanol–water partition coefficient (Wildman–Crippen LogP) is 1.68. The van der Waals surface area contributed by atoms with Crippen LogP contribution in [-0.2, 0) is 4.79 Å². The molecule has 1 fully saturated rings. The molecule has 1 amide bonds. The van der Waals surface area contributed by atoms with E-state index in [1.165, 1.54) is 12.8 Å². The van der Waals surface area contributed by atoms with Crippen molar-refractivity contribution >= 4 is 5.91 Å². The lowest BCUT2D eigenvalue weighted by atomic mass is 9.92. The van der Waals surface area contributed by atoms with Crippen molar-refractivity contribution < 1.29 is 4.79 Å². The minimum Gasteiger partial charge on any atom is -0.353 e. The lowest BCUT2D eigenvalue weighted by Gasteiger charge is -2.28. The van der Waals surface area contributed by atoms with E-state index in [0.29, 0.717) is 12.3 Å². The Morgan fingerprint density at radius 2 is 2.41 bits per heavy atom. The van der Waals surface area contributed by atoms with Gasteiger partial charge in [-0.25, -0.2) is 0 Å². The molecule has 1 rings (SSSR count). The quantitative estimate of drug-likeness (QED) is 0.544. The topological polar surface area (TPSA) is 41.1 Å². The molecular formula is C14H24N2O. The summed E-state index contributed by atoms with van der Waals surface area (Å²) < 4.78 is 0. The first-order chi connectivity index (χ1) is 8.24. The molecule has 3 nitrogen and oxygen atoms in total. The third-order valence-corrected chi connectivity index (χ3v) is 3.41. The minimum absolute atomic E-state index is 0.167. The van der Waals surface area contributed by atoms with Gasteiger partial charge in [-0.3, -0.25) is 4.79 Å². The van der Waals surface area contributed by atoms with Crippen LogP contribution in [0.1, 0.15) is 45.4 Å². The van der Waals surface area contributed by atoms with Crippen LogP contribution in [-0.4, -0.2) is 25.0 Å². The Morgan fingerprint density at radius 3 is 3.06 bits per heavy atom. The first-order valence-corrected chi connectivity index (χ1v) is 6.67. The lowest BCUT2D eigenvalue weighted by molar-refractivity contribution is -0.122. The molecule has 0 bridgehead atoms. The average Bonchev–Trinajstić information content (AvgIpc) is 2.36. The van der Waals surface area contributed by atoms with Gasteiger partial charge in [-0.05, 0) is 51.6 Å². The number of hydrogen-bond acceptors (Lipinski definition) is 2. The van der Waals surface area contributed by atoms with Gasteiger partial charge in [0.15, 0.2) is 0 Å². The molecule has 1 aliphatic rings. The van der Waals surface area contributed by atoms with Crippen LogP contribution in [0.25, 0.3) is 0 Å². The molecule has 2 unspecified atom stereocenters. The van der Waals surface area contributed by atoms with Gasteiger partial charge >= 0.3 is 0 Å². The van der Waals surface area contributed by atoms with Gasteiger partial charge in [-0.15, -0.1) is 12.3 Å². The summed E-state index contributed by atoms with van der Waals surface area (Å²) >= 11 is 0. The van der Waals surface area contributed by atoms with Crippen LogP contribution in [0, 0.1) is 18.3 Å². The van der Waals surface area contributed by atoms with E-state index in [1.54, 1.807) is 0 Å².